The first-order valence-corrected chi connectivity index (χ1v) is 14.4. The molecular weight excluding hydrogens is 659 g/mol. The lowest BCUT2D eigenvalue weighted by atomic mass is 10.1. The number of halogens is 3. The van der Waals surface area contributed by atoms with Crippen molar-refractivity contribution < 1.29 is 28.6 Å². The molecule has 1 fully saturated rings. The maximum absolute atomic E-state index is 13.4. The second kappa shape index (κ2) is 13.3. The van der Waals surface area contributed by atoms with Crippen LogP contribution in [0.4, 0.5) is 10.5 Å². The Morgan fingerprint density at radius 3 is 2.37 bits per heavy atom. The number of nitrogens with zero attached hydrogens (tertiary/aromatic N) is 1. The Hall–Kier alpha value is -4.31. The van der Waals surface area contributed by atoms with Crippen molar-refractivity contribution in [1.29, 1.82) is 0 Å². The van der Waals surface area contributed by atoms with Crippen LogP contribution in [0.2, 0.25) is 10.0 Å². The molecule has 8 nitrogen and oxygen atoms in total. The fourth-order valence-corrected chi connectivity index (χ4v) is 5.25. The van der Waals surface area contributed by atoms with E-state index in [0.717, 1.165) is 16.0 Å². The SMILES string of the molecule is COc1cc(/C=C2\C(=O)NC(=O)N(c3ccc(OCc4ccccc4Cl)cc3)C2=O)cc(Br)c1OCc1cccc(Cl)c1. The number of imide groups is 2. The van der Waals surface area contributed by atoms with E-state index in [1.54, 1.807) is 54.6 Å². The van der Waals surface area contributed by atoms with Gasteiger partial charge < -0.3 is 14.2 Å². The summed E-state index contributed by atoms with van der Waals surface area (Å²) in [7, 11) is 1.48. The third-order valence-corrected chi connectivity index (χ3v) is 7.58. The molecule has 0 radical (unpaired) electrons. The molecule has 0 aromatic heterocycles. The van der Waals surface area contributed by atoms with E-state index in [4.69, 9.17) is 37.4 Å². The van der Waals surface area contributed by atoms with Crippen LogP contribution in [0.1, 0.15) is 16.7 Å². The molecule has 43 heavy (non-hydrogen) atoms. The van der Waals surface area contributed by atoms with Crippen LogP contribution in [-0.2, 0) is 22.8 Å². The molecule has 0 aliphatic carbocycles. The van der Waals surface area contributed by atoms with Crippen molar-refractivity contribution in [2.75, 3.05) is 12.0 Å². The van der Waals surface area contributed by atoms with Crippen molar-refractivity contribution in [2.45, 2.75) is 13.2 Å². The molecule has 1 heterocycles. The van der Waals surface area contributed by atoms with Gasteiger partial charge >= 0.3 is 6.03 Å². The molecule has 1 saturated heterocycles. The molecule has 4 amide bonds. The van der Waals surface area contributed by atoms with Gasteiger partial charge in [0.15, 0.2) is 11.5 Å². The quantitative estimate of drug-likeness (QED) is 0.145. The van der Waals surface area contributed by atoms with Gasteiger partial charge in [-0.2, -0.15) is 0 Å². The highest BCUT2D eigenvalue weighted by Gasteiger charge is 2.37. The number of nitrogens with one attached hydrogen (secondary N) is 1. The topological polar surface area (TPSA) is 94.2 Å². The van der Waals surface area contributed by atoms with E-state index in [1.165, 1.54) is 13.2 Å². The fraction of sp³-hybridized carbons (Fsp3) is 0.0938. The number of amides is 4. The van der Waals surface area contributed by atoms with Crippen molar-refractivity contribution >= 4 is 68.7 Å². The summed E-state index contributed by atoms with van der Waals surface area (Å²) < 4.78 is 17.8. The van der Waals surface area contributed by atoms with Crippen molar-refractivity contribution in [1.82, 2.24) is 5.32 Å². The number of barbiturate groups is 1. The van der Waals surface area contributed by atoms with E-state index >= 15 is 0 Å². The molecule has 1 N–H and O–H groups in total. The van der Waals surface area contributed by atoms with Gasteiger partial charge in [-0.05, 0) is 87.7 Å². The highest BCUT2D eigenvalue weighted by Crippen LogP contribution is 2.38. The van der Waals surface area contributed by atoms with Gasteiger partial charge in [-0.15, -0.1) is 0 Å². The molecule has 11 heteroatoms. The first-order valence-electron chi connectivity index (χ1n) is 12.9. The monoisotopic (exact) mass is 680 g/mol. The van der Waals surface area contributed by atoms with Gasteiger partial charge in [-0.25, -0.2) is 9.69 Å². The zero-order valence-electron chi connectivity index (χ0n) is 22.6. The Bertz CT molecular complexity index is 1740. The molecule has 0 unspecified atom stereocenters. The highest BCUT2D eigenvalue weighted by atomic mass is 79.9. The number of carbonyl (C=O) groups is 3. The second-order valence-corrected chi connectivity index (χ2v) is 11.0. The summed E-state index contributed by atoms with van der Waals surface area (Å²) in [6.07, 6.45) is 1.38. The molecule has 4 aromatic rings. The lowest BCUT2D eigenvalue weighted by Crippen LogP contribution is -2.54. The summed E-state index contributed by atoms with van der Waals surface area (Å²) in [6.45, 7) is 0.477. The lowest BCUT2D eigenvalue weighted by Gasteiger charge is -2.26. The van der Waals surface area contributed by atoms with Gasteiger partial charge in [0.25, 0.3) is 11.8 Å². The molecule has 5 rings (SSSR count). The summed E-state index contributed by atoms with van der Waals surface area (Å²) in [4.78, 5) is 39.8. The van der Waals surface area contributed by atoms with Crippen LogP contribution in [0.15, 0.2) is 95.0 Å². The summed E-state index contributed by atoms with van der Waals surface area (Å²) in [5.41, 5.74) is 2.17. The van der Waals surface area contributed by atoms with E-state index in [0.29, 0.717) is 37.3 Å². The van der Waals surface area contributed by atoms with Gasteiger partial charge in [0, 0.05) is 15.6 Å². The van der Waals surface area contributed by atoms with Gasteiger partial charge in [-0.1, -0.05) is 53.5 Å². The molecule has 0 saturated carbocycles. The highest BCUT2D eigenvalue weighted by molar-refractivity contribution is 9.10. The minimum Gasteiger partial charge on any atom is -0.493 e. The number of anilines is 1. The standard InChI is InChI=1S/C32H23BrCl2N2O6/c1-41-28-16-20(15-26(33)29(28)43-17-19-5-4-7-22(34)13-19)14-25-30(38)36-32(40)37(31(25)39)23-9-11-24(12-10-23)42-18-21-6-2-3-8-27(21)35/h2-16H,17-18H2,1H3,(H,36,38,40)/b25-14+. The van der Waals surface area contributed by atoms with Gasteiger partial charge in [0.1, 0.15) is 24.5 Å². The minimum atomic E-state index is -0.861. The van der Waals surface area contributed by atoms with E-state index in [-0.39, 0.29) is 24.5 Å². The van der Waals surface area contributed by atoms with Crippen molar-refractivity contribution in [3.63, 3.8) is 0 Å². The first kappa shape index (κ1) is 30.2. The third kappa shape index (κ3) is 7.02. The van der Waals surface area contributed by atoms with Crippen LogP contribution in [0.5, 0.6) is 17.2 Å². The number of ether oxygens (including phenoxy) is 3. The Kier molecular flexibility index (Phi) is 9.35. The number of benzene rings is 4. The van der Waals surface area contributed by atoms with Gasteiger partial charge in [0.05, 0.1) is 17.3 Å². The normalized spacial score (nSPS) is 14.1. The smallest absolute Gasteiger partial charge is 0.335 e. The first-order chi connectivity index (χ1) is 20.7. The Morgan fingerprint density at radius 1 is 0.884 bits per heavy atom. The molecule has 1 aliphatic rings. The maximum atomic E-state index is 13.4. The molecule has 1 aliphatic heterocycles. The molecule has 0 spiro atoms. The average molecular weight is 682 g/mol. The largest absolute Gasteiger partial charge is 0.493 e. The maximum Gasteiger partial charge on any atom is 0.335 e. The Morgan fingerprint density at radius 2 is 1.65 bits per heavy atom. The van der Waals surface area contributed by atoms with Crippen LogP contribution in [0, 0.1) is 0 Å². The van der Waals surface area contributed by atoms with Gasteiger partial charge in [0.2, 0.25) is 0 Å². The fourth-order valence-electron chi connectivity index (χ4n) is 4.27. The molecule has 218 valence electrons. The van der Waals surface area contributed by atoms with Crippen LogP contribution in [0.3, 0.4) is 0 Å². The Balaban J connectivity index is 1.34. The number of hydrogen-bond donors (Lipinski definition) is 1. The Labute approximate surface area is 265 Å². The van der Waals surface area contributed by atoms with E-state index in [2.05, 4.69) is 21.2 Å². The zero-order valence-corrected chi connectivity index (χ0v) is 25.7. The number of methoxy groups -OCH3 is 1. The number of hydrogen-bond acceptors (Lipinski definition) is 6. The molecule has 0 bridgehead atoms. The van der Waals surface area contributed by atoms with Crippen molar-refractivity contribution in [3.8, 4) is 17.2 Å². The lowest BCUT2D eigenvalue weighted by molar-refractivity contribution is -0.122. The summed E-state index contributed by atoms with van der Waals surface area (Å²) >= 11 is 15.7. The summed E-state index contributed by atoms with van der Waals surface area (Å²) in [6, 6.07) is 23.4. The van der Waals surface area contributed by atoms with Crippen LogP contribution < -0.4 is 24.4 Å². The molecular formula is C32H23BrCl2N2O6. The van der Waals surface area contributed by atoms with Crippen LogP contribution in [-0.4, -0.2) is 25.0 Å². The third-order valence-electron chi connectivity index (χ3n) is 6.38. The van der Waals surface area contributed by atoms with Gasteiger partial charge in [-0.3, -0.25) is 14.9 Å². The number of carbonyl (C=O) groups excluding carboxylic acids is 3. The predicted molar refractivity (Wildman–Crippen MR) is 168 cm³/mol. The minimum absolute atomic E-state index is 0.234. The number of urea groups is 1. The van der Waals surface area contributed by atoms with E-state index in [9.17, 15) is 14.4 Å². The van der Waals surface area contributed by atoms with Crippen molar-refractivity contribution in [3.05, 3.63) is 122 Å². The van der Waals surface area contributed by atoms with Crippen LogP contribution in [0.25, 0.3) is 6.08 Å². The summed E-state index contributed by atoms with van der Waals surface area (Å²) in [5.74, 6) is -0.294. The average Bonchev–Trinajstić information content (AvgIpc) is 2.98. The van der Waals surface area contributed by atoms with Crippen molar-refractivity contribution in [2.24, 2.45) is 0 Å². The van der Waals surface area contributed by atoms with Crippen LogP contribution >= 0.6 is 39.1 Å². The summed E-state index contributed by atoms with van der Waals surface area (Å²) in [5, 5.41) is 3.41. The second-order valence-electron chi connectivity index (χ2n) is 9.28. The number of rotatable bonds is 9. The molecule has 0 atom stereocenters. The molecule has 4 aromatic carbocycles. The zero-order chi connectivity index (χ0) is 30.5. The van der Waals surface area contributed by atoms with E-state index in [1.807, 2.05) is 30.3 Å². The predicted octanol–water partition coefficient (Wildman–Crippen LogP) is 7.59. The van der Waals surface area contributed by atoms with E-state index < -0.39 is 17.8 Å².